The van der Waals surface area contributed by atoms with Crippen LogP contribution in [0.25, 0.3) is 10.9 Å². The van der Waals surface area contributed by atoms with Crippen LogP contribution in [-0.4, -0.2) is 46.2 Å². The van der Waals surface area contributed by atoms with Gasteiger partial charge in [0, 0.05) is 30.6 Å². The molecule has 0 spiro atoms. The first-order chi connectivity index (χ1) is 10.4. The summed E-state index contributed by atoms with van der Waals surface area (Å²) in [5.74, 6) is -0.121. The summed E-state index contributed by atoms with van der Waals surface area (Å²) in [6.45, 7) is 12.2. The van der Waals surface area contributed by atoms with Crippen LogP contribution in [0, 0.1) is 6.92 Å². The Morgan fingerprint density at radius 2 is 1.95 bits per heavy atom. The molecular weight excluding hydrogens is 276 g/mol. The van der Waals surface area contributed by atoms with Crippen molar-refractivity contribution in [3.8, 4) is 0 Å². The van der Waals surface area contributed by atoms with Crippen molar-refractivity contribution in [1.29, 1.82) is 0 Å². The molecule has 0 aliphatic carbocycles. The van der Waals surface area contributed by atoms with Crippen LogP contribution in [0.3, 0.4) is 0 Å². The first-order valence-electron chi connectivity index (χ1n) is 7.88. The molecule has 0 bridgehead atoms. The molecule has 0 fully saturated rings. The fourth-order valence-corrected chi connectivity index (χ4v) is 2.80. The molecule has 2 rings (SSSR count). The Labute approximate surface area is 132 Å². The summed E-state index contributed by atoms with van der Waals surface area (Å²) in [5.41, 5.74) is 2.48. The van der Waals surface area contributed by atoms with Crippen molar-refractivity contribution in [2.75, 3.05) is 13.1 Å². The number of aromatic amines is 1. The number of nitrogens with zero attached hydrogens (tertiary/aromatic N) is 2. The molecule has 0 atom stereocenters. The second-order valence-electron chi connectivity index (χ2n) is 6.30. The van der Waals surface area contributed by atoms with E-state index >= 15 is 0 Å². The second-order valence-corrected chi connectivity index (χ2v) is 6.30. The molecule has 2 aromatic rings. The Balaban J connectivity index is 2.01. The molecule has 0 saturated carbocycles. The fourth-order valence-electron chi connectivity index (χ4n) is 2.80. The van der Waals surface area contributed by atoms with E-state index in [0.29, 0.717) is 24.3 Å². The molecule has 0 radical (unpaired) electrons. The van der Waals surface area contributed by atoms with Crippen molar-refractivity contribution >= 4 is 16.8 Å². The van der Waals surface area contributed by atoms with Crippen LogP contribution in [-0.2, 0) is 0 Å². The maximum atomic E-state index is 12.3. The average molecular weight is 302 g/mol. The molecule has 120 valence electrons. The van der Waals surface area contributed by atoms with Gasteiger partial charge in [0.05, 0.1) is 5.52 Å². The van der Waals surface area contributed by atoms with Gasteiger partial charge >= 0.3 is 0 Å². The molecule has 5 nitrogen and oxygen atoms in total. The SMILES string of the molecule is Cc1ccc2[nH]nc(C(=O)NCCN(C(C)C)C(C)C)c2c1. The van der Waals surface area contributed by atoms with Gasteiger partial charge < -0.3 is 5.32 Å². The van der Waals surface area contributed by atoms with Gasteiger partial charge in [-0.1, -0.05) is 11.6 Å². The number of amides is 1. The number of benzene rings is 1. The number of nitrogens with one attached hydrogen (secondary N) is 2. The molecule has 0 aliphatic heterocycles. The van der Waals surface area contributed by atoms with Crippen LogP contribution in [0.15, 0.2) is 18.2 Å². The maximum Gasteiger partial charge on any atom is 0.272 e. The van der Waals surface area contributed by atoms with Crippen LogP contribution >= 0.6 is 0 Å². The topological polar surface area (TPSA) is 61.0 Å². The average Bonchev–Trinajstić information content (AvgIpc) is 2.85. The molecule has 22 heavy (non-hydrogen) atoms. The Kier molecular flexibility index (Phi) is 5.19. The van der Waals surface area contributed by atoms with E-state index in [4.69, 9.17) is 0 Å². The van der Waals surface area contributed by atoms with Gasteiger partial charge in [-0.2, -0.15) is 5.10 Å². The third-order valence-electron chi connectivity index (χ3n) is 3.92. The van der Waals surface area contributed by atoms with E-state index in [-0.39, 0.29) is 5.91 Å². The highest BCUT2D eigenvalue weighted by atomic mass is 16.1. The number of aryl methyl sites for hydroxylation is 1. The number of fused-ring (bicyclic) bond motifs is 1. The zero-order valence-corrected chi connectivity index (χ0v) is 14.1. The minimum absolute atomic E-state index is 0.121. The Morgan fingerprint density at radius 1 is 1.27 bits per heavy atom. The number of carbonyl (C=O) groups is 1. The van der Waals surface area contributed by atoms with Gasteiger partial charge in [-0.15, -0.1) is 0 Å². The van der Waals surface area contributed by atoms with Gasteiger partial charge in [-0.25, -0.2) is 0 Å². The van der Waals surface area contributed by atoms with Crippen molar-refractivity contribution in [2.45, 2.75) is 46.7 Å². The molecule has 0 aliphatic rings. The van der Waals surface area contributed by atoms with Crippen LogP contribution in [0.5, 0.6) is 0 Å². The van der Waals surface area contributed by atoms with E-state index in [1.807, 2.05) is 25.1 Å². The van der Waals surface area contributed by atoms with Crippen molar-refractivity contribution in [3.63, 3.8) is 0 Å². The van der Waals surface area contributed by atoms with E-state index in [1.54, 1.807) is 0 Å². The smallest absolute Gasteiger partial charge is 0.272 e. The molecule has 1 aromatic heterocycles. The standard InChI is InChI=1S/C17H26N4O/c1-11(2)21(12(3)4)9-8-18-17(22)16-14-10-13(5)6-7-15(14)19-20-16/h6-7,10-12H,8-9H2,1-5H3,(H,18,22)(H,19,20). The van der Waals surface area contributed by atoms with E-state index in [1.165, 1.54) is 0 Å². The predicted octanol–water partition coefficient (Wildman–Crippen LogP) is 2.72. The van der Waals surface area contributed by atoms with E-state index in [9.17, 15) is 4.79 Å². The van der Waals surface area contributed by atoms with Crippen LogP contribution < -0.4 is 5.32 Å². The summed E-state index contributed by atoms with van der Waals surface area (Å²) in [5, 5.41) is 10.9. The zero-order chi connectivity index (χ0) is 16.3. The summed E-state index contributed by atoms with van der Waals surface area (Å²) < 4.78 is 0. The van der Waals surface area contributed by atoms with Crippen LogP contribution in [0.1, 0.15) is 43.7 Å². The van der Waals surface area contributed by atoms with Gasteiger partial charge in [0.15, 0.2) is 5.69 Å². The van der Waals surface area contributed by atoms with Crippen molar-refractivity contribution in [3.05, 3.63) is 29.5 Å². The van der Waals surface area contributed by atoms with E-state index in [0.717, 1.165) is 23.0 Å². The highest BCUT2D eigenvalue weighted by molar-refractivity contribution is 6.04. The molecule has 1 heterocycles. The summed E-state index contributed by atoms with van der Waals surface area (Å²) in [6.07, 6.45) is 0. The number of carbonyl (C=O) groups excluding carboxylic acids is 1. The molecular formula is C17H26N4O. The minimum Gasteiger partial charge on any atom is -0.349 e. The number of rotatable bonds is 6. The first-order valence-corrected chi connectivity index (χ1v) is 7.88. The number of H-pyrrole nitrogens is 1. The summed E-state index contributed by atoms with van der Waals surface area (Å²) in [7, 11) is 0. The minimum atomic E-state index is -0.121. The second kappa shape index (κ2) is 6.92. The Morgan fingerprint density at radius 3 is 2.59 bits per heavy atom. The molecule has 1 aromatic carbocycles. The monoisotopic (exact) mass is 302 g/mol. The summed E-state index contributed by atoms with van der Waals surface area (Å²) in [4.78, 5) is 14.7. The van der Waals surface area contributed by atoms with Gasteiger partial charge in [0.2, 0.25) is 0 Å². The maximum absolute atomic E-state index is 12.3. The molecule has 5 heteroatoms. The third kappa shape index (κ3) is 3.65. The molecule has 0 saturated heterocycles. The van der Waals surface area contributed by atoms with Gasteiger partial charge in [0.1, 0.15) is 0 Å². The fraction of sp³-hybridized carbons (Fsp3) is 0.529. The Bertz CT molecular complexity index is 637. The Hall–Kier alpha value is -1.88. The molecule has 1 amide bonds. The van der Waals surface area contributed by atoms with E-state index in [2.05, 4.69) is 48.1 Å². The van der Waals surface area contributed by atoms with Crippen molar-refractivity contribution in [1.82, 2.24) is 20.4 Å². The highest BCUT2D eigenvalue weighted by Crippen LogP contribution is 2.17. The lowest BCUT2D eigenvalue weighted by Crippen LogP contribution is -2.42. The normalized spacial score (nSPS) is 11.8. The number of hydrogen-bond acceptors (Lipinski definition) is 3. The lowest BCUT2D eigenvalue weighted by molar-refractivity contribution is 0.0936. The zero-order valence-electron chi connectivity index (χ0n) is 14.1. The van der Waals surface area contributed by atoms with Crippen molar-refractivity contribution < 1.29 is 4.79 Å². The van der Waals surface area contributed by atoms with Crippen LogP contribution in [0.4, 0.5) is 0 Å². The third-order valence-corrected chi connectivity index (χ3v) is 3.92. The van der Waals surface area contributed by atoms with Gasteiger partial charge in [-0.3, -0.25) is 14.8 Å². The first kappa shape index (κ1) is 16.5. The largest absolute Gasteiger partial charge is 0.349 e. The van der Waals surface area contributed by atoms with Crippen molar-refractivity contribution in [2.24, 2.45) is 0 Å². The lowest BCUT2D eigenvalue weighted by atomic mass is 10.1. The quantitative estimate of drug-likeness (QED) is 0.862. The predicted molar refractivity (Wildman–Crippen MR) is 90.1 cm³/mol. The summed E-state index contributed by atoms with van der Waals surface area (Å²) in [6, 6.07) is 6.87. The highest BCUT2D eigenvalue weighted by Gasteiger charge is 2.16. The lowest BCUT2D eigenvalue weighted by Gasteiger charge is -2.30. The van der Waals surface area contributed by atoms with Crippen LogP contribution in [0.2, 0.25) is 0 Å². The van der Waals surface area contributed by atoms with E-state index < -0.39 is 0 Å². The number of hydrogen-bond donors (Lipinski definition) is 2. The molecule has 0 unspecified atom stereocenters. The van der Waals surface area contributed by atoms with Gasteiger partial charge in [-0.05, 0) is 46.8 Å². The number of aromatic nitrogens is 2. The summed E-state index contributed by atoms with van der Waals surface area (Å²) >= 11 is 0. The van der Waals surface area contributed by atoms with Gasteiger partial charge in [0.25, 0.3) is 5.91 Å². The molecule has 2 N–H and O–H groups in total.